The normalized spacial score (nSPS) is 11.1. The van der Waals surface area contributed by atoms with E-state index in [2.05, 4.69) is 31.1 Å². The fraction of sp³-hybridized carbons (Fsp3) is 0.455. The number of aromatic nitrogens is 1. The molecule has 1 aromatic heterocycles. The third-order valence-electron chi connectivity index (χ3n) is 1.86. The lowest BCUT2D eigenvalue weighted by atomic mass is 9.97. The third-order valence-corrected chi connectivity index (χ3v) is 1.86. The summed E-state index contributed by atoms with van der Waals surface area (Å²) in [5.41, 5.74) is 6.08. The van der Waals surface area contributed by atoms with E-state index < -0.39 is 0 Å². The van der Waals surface area contributed by atoms with Crippen molar-refractivity contribution in [3.8, 4) is 0 Å². The Morgan fingerprint density at radius 3 is 2.73 bits per heavy atom. The van der Waals surface area contributed by atoms with Gasteiger partial charge in [0.05, 0.1) is 5.56 Å². The topological polar surface area (TPSA) is 68.0 Å². The maximum atomic E-state index is 11.7. The van der Waals surface area contributed by atoms with Crippen molar-refractivity contribution in [2.75, 3.05) is 12.3 Å². The van der Waals surface area contributed by atoms with Crippen LogP contribution in [0.1, 0.15) is 31.1 Å². The van der Waals surface area contributed by atoms with E-state index in [1.807, 2.05) is 0 Å². The molecule has 0 unspecified atom stereocenters. The van der Waals surface area contributed by atoms with Crippen LogP contribution < -0.4 is 11.1 Å². The smallest absolute Gasteiger partial charge is 0.255 e. The lowest BCUT2D eigenvalue weighted by Crippen LogP contribution is -2.32. The van der Waals surface area contributed by atoms with Gasteiger partial charge in [-0.05, 0) is 17.5 Å². The lowest BCUT2D eigenvalue weighted by molar-refractivity contribution is 0.0940. The summed E-state index contributed by atoms with van der Waals surface area (Å²) in [6.45, 7) is 6.78. The highest BCUT2D eigenvalue weighted by Gasteiger charge is 2.14. The first-order valence-corrected chi connectivity index (χ1v) is 4.89. The molecule has 3 N–H and O–H groups in total. The van der Waals surface area contributed by atoms with Crippen molar-refractivity contribution in [3.63, 3.8) is 0 Å². The number of carbonyl (C=O) groups excluding carboxylic acids is 1. The monoisotopic (exact) mass is 207 g/mol. The molecule has 0 aromatic carbocycles. The van der Waals surface area contributed by atoms with Crippen LogP contribution in [0.5, 0.6) is 0 Å². The average molecular weight is 207 g/mol. The molecule has 0 aliphatic heterocycles. The van der Waals surface area contributed by atoms with Gasteiger partial charge in [-0.25, -0.2) is 4.98 Å². The van der Waals surface area contributed by atoms with Gasteiger partial charge in [-0.15, -0.1) is 0 Å². The van der Waals surface area contributed by atoms with Crippen molar-refractivity contribution in [1.82, 2.24) is 10.3 Å². The number of nitrogens with zero attached hydrogens (tertiary/aromatic N) is 1. The molecule has 0 atom stereocenters. The fourth-order valence-corrected chi connectivity index (χ4v) is 1.05. The van der Waals surface area contributed by atoms with E-state index in [-0.39, 0.29) is 17.1 Å². The molecule has 0 aliphatic rings. The standard InChI is InChI=1S/C11H17N3O/c1-11(2,3)7-14-10(15)8-5-4-6-13-9(8)12/h4-6H,7H2,1-3H3,(H2,12,13)(H,14,15). The zero-order valence-corrected chi connectivity index (χ0v) is 9.37. The van der Waals surface area contributed by atoms with Gasteiger partial charge in [0.15, 0.2) is 0 Å². The lowest BCUT2D eigenvalue weighted by Gasteiger charge is -2.18. The van der Waals surface area contributed by atoms with Gasteiger partial charge in [-0.3, -0.25) is 4.79 Å². The Bertz CT molecular complexity index is 355. The second kappa shape index (κ2) is 4.29. The van der Waals surface area contributed by atoms with Crippen molar-refractivity contribution in [3.05, 3.63) is 23.9 Å². The molecule has 0 aliphatic carbocycles. The second-order valence-electron chi connectivity index (χ2n) is 4.68. The zero-order valence-electron chi connectivity index (χ0n) is 9.37. The van der Waals surface area contributed by atoms with E-state index in [0.717, 1.165) is 0 Å². The summed E-state index contributed by atoms with van der Waals surface area (Å²) in [6.07, 6.45) is 1.57. The molecule has 4 nitrogen and oxygen atoms in total. The second-order valence-corrected chi connectivity index (χ2v) is 4.68. The zero-order chi connectivity index (χ0) is 11.5. The minimum absolute atomic E-state index is 0.0621. The molecule has 15 heavy (non-hydrogen) atoms. The Hall–Kier alpha value is -1.58. The third kappa shape index (κ3) is 3.58. The average Bonchev–Trinajstić information content (AvgIpc) is 2.14. The van der Waals surface area contributed by atoms with E-state index in [4.69, 9.17) is 5.73 Å². The van der Waals surface area contributed by atoms with Crippen LogP contribution in [-0.4, -0.2) is 17.4 Å². The predicted octanol–water partition coefficient (Wildman–Crippen LogP) is 1.44. The first-order valence-electron chi connectivity index (χ1n) is 4.89. The number of hydrogen-bond acceptors (Lipinski definition) is 3. The molecule has 0 saturated carbocycles. The molecule has 0 fully saturated rings. The van der Waals surface area contributed by atoms with Gasteiger partial charge in [0.1, 0.15) is 5.82 Å². The number of nitrogens with two attached hydrogens (primary N) is 1. The summed E-state index contributed by atoms with van der Waals surface area (Å²) < 4.78 is 0. The van der Waals surface area contributed by atoms with Gasteiger partial charge in [0.2, 0.25) is 0 Å². The van der Waals surface area contributed by atoms with Crippen LogP contribution in [0.4, 0.5) is 5.82 Å². The molecule has 82 valence electrons. The van der Waals surface area contributed by atoms with Crippen molar-refractivity contribution < 1.29 is 4.79 Å². The minimum Gasteiger partial charge on any atom is -0.383 e. The summed E-state index contributed by atoms with van der Waals surface area (Å²) in [7, 11) is 0. The first-order chi connectivity index (χ1) is 6.90. The predicted molar refractivity (Wildman–Crippen MR) is 60.4 cm³/mol. The number of nitrogens with one attached hydrogen (secondary N) is 1. The van der Waals surface area contributed by atoms with Gasteiger partial charge in [0.25, 0.3) is 5.91 Å². The fourth-order valence-electron chi connectivity index (χ4n) is 1.05. The summed E-state index contributed by atoms with van der Waals surface area (Å²) >= 11 is 0. The van der Waals surface area contributed by atoms with Crippen LogP contribution in [-0.2, 0) is 0 Å². The van der Waals surface area contributed by atoms with Gasteiger partial charge in [-0.1, -0.05) is 20.8 Å². The van der Waals surface area contributed by atoms with Gasteiger partial charge >= 0.3 is 0 Å². The first kappa shape index (κ1) is 11.5. The highest BCUT2D eigenvalue weighted by atomic mass is 16.1. The minimum atomic E-state index is -0.171. The van der Waals surface area contributed by atoms with Gasteiger partial charge in [0, 0.05) is 12.7 Å². The van der Waals surface area contributed by atoms with E-state index in [0.29, 0.717) is 12.1 Å². The molecular weight excluding hydrogens is 190 g/mol. The molecule has 1 amide bonds. The van der Waals surface area contributed by atoms with Crippen LogP contribution in [0.25, 0.3) is 0 Å². The van der Waals surface area contributed by atoms with Crippen LogP contribution in [0.3, 0.4) is 0 Å². The van der Waals surface area contributed by atoms with Gasteiger partial charge < -0.3 is 11.1 Å². The Balaban J connectivity index is 2.66. The summed E-state index contributed by atoms with van der Waals surface area (Å²) in [6, 6.07) is 3.36. The maximum absolute atomic E-state index is 11.7. The van der Waals surface area contributed by atoms with E-state index in [1.54, 1.807) is 18.3 Å². The summed E-state index contributed by atoms with van der Waals surface area (Å²) in [4.78, 5) is 15.5. The van der Waals surface area contributed by atoms with E-state index in [1.165, 1.54) is 0 Å². The molecule has 4 heteroatoms. The number of carbonyl (C=O) groups is 1. The Morgan fingerprint density at radius 1 is 1.53 bits per heavy atom. The number of pyridine rings is 1. The highest BCUT2D eigenvalue weighted by molar-refractivity contribution is 5.98. The molecule has 0 saturated heterocycles. The molecule has 1 heterocycles. The molecule has 1 aromatic rings. The summed E-state index contributed by atoms with van der Waals surface area (Å²) in [5, 5.41) is 2.82. The number of hydrogen-bond donors (Lipinski definition) is 2. The van der Waals surface area contributed by atoms with Crippen LogP contribution in [0.2, 0.25) is 0 Å². The van der Waals surface area contributed by atoms with E-state index >= 15 is 0 Å². The van der Waals surface area contributed by atoms with Crippen molar-refractivity contribution in [2.45, 2.75) is 20.8 Å². The largest absolute Gasteiger partial charge is 0.383 e. The van der Waals surface area contributed by atoms with E-state index in [9.17, 15) is 4.79 Å². The SMILES string of the molecule is CC(C)(C)CNC(=O)c1cccnc1N. The number of rotatable bonds is 2. The quantitative estimate of drug-likeness (QED) is 0.771. The van der Waals surface area contributed by atoms with Crippen molar-refractivity contribution >= 4 is 11.7 Å². The van der Waals surface area contributed by atoms with Crippen molar-refractivity contribution in [2.24, 2.45) is 5.41 Å². The number of anilines is 1. The molecule has 0 radical (unpaired) electrons. The Kier molecular flexibility index (Phi) is 3.29. The number of nitrogen functional groups attached to an aromatic ring is 1. The summed E-state index contributed by atoms with van der Waals surface area (Å²) in [5.74, 6) is 0.0967. The molecule has 1 rings (SSSR count). The van der Waals surface area contributed by atoms with Crippen molar-refractivity contribution in [1.29, 1.82) is 0 Å². The Morgan fingerprint density at radius 2 is 2.20 bits per heavy atom. The Labute approximate surface area is 89.9 Å². The van der Waals surface area contributed by atoms with Crippen LogP contribution >= 0.6 is 0 Å². The molecular formula is C11H17N3O. The van der Waals surface area contributed by atoms with Gasteiger partial charge in [-0.2, -0.15) is 0 Å². The van der Waals surface area contributed by atoms with Crippen LogP contribution in [0.15, 0.2) is 18.3 Å². The number of amides is 1. The molecule has 0 bridgehead atoms. The maximum Gasteiger partial charge on any atom is 0.255 e. The highest BCUT2D eigenvalue weighted by Crippen LogP contribution is 2.12. The molecule has 0 spiro atoms. The van der Waals surface area contributed by atoms with Crippen LogP contribution in [0, 0.1) is 5.41 Å².